The minimum atomic E-state index is 0.0347. The highest BCUT2D eigenvalue weighted by Crippen LogP contribution is 2.15. The Bertz CT molecular complexity index is 368. The molecule has 5 nitrogen and oxygen atoms in total. The van der Waals surface area contributed by atoms with Gasteiger partial charge in [-0.3, -0.25) is 0 Å². The molecule has 0 saturated heterocycles. The van der Waals surface area contributed by atoms with E-state index in [0.29, 0.717) is 12.8 Å². The van der Waals surface area contributed by atoms with Crippen LogP contribution in [0.4, 0.5) is 0 Å². The van der Waals surface area contributed by atoms with Crippen LogP contribution < -0.4 is 0 Å². The number of aromatic nitrogens is 1. The van der Waals surface area contributed by atoms with Crippen molar-refractivity contribution in [2.24, 2.45) is 0 Å². The number of nitrogens with zero attached hydrogens (tertiary/aromatic N) is 3. The normalized spacial score (nSPS) is 11.4. The summed E-state index contributed by atoms with van der Waals surface area (Å²) < 4.78 is 4.96. The lowest BCUT2D eigenvalue weighted by atomic mass is 10.1. The van der Waals surface area contributed by atoms with Crippen molar-refractivity contribution in [3.63, 3.8) is 0 Å². The molecule has 0 bridgehead atoms. The molecule has 0 radical (unpaired) electrons. The van der Waals surface area contributed by atoms with Crippen LogP contribution in [0.1, 0.15) is 23.4 Å². The van der Waals surface area contributed by atoms with Gasteiger partial charge in [0.05, 0.1) is 5.69 Å². The smallest absolute Gasteiger partial charge is 0.387 e. The number of hydrogen-bond acceptors (Lipinski definition) is 4. The first-order valence-electron chi connectivity index (χ1n) is 4.29. The van der Waals surface area contributed by atoms with Crippen molar-refractivity contribution in [3.05, 3.63) is 34.0 Å². The van der Waals surface area contributed by atoms with E-state index in [1.165, 1.54) is 0 Å². The van der Waals surface area contributed by atoms with E-state index in [2.05, 4.69) is 10.1 Å². The molecule has 14 heavy (non-hydrogen) atoms. The highest BCUT2D eigenvalue weighted by Gasteiger charge is 2.10. The van der Waals surface area contributed by atoms with Crippen molar-refractivity contribution < 1.29 is 9.63 Å². The van der Waals surface area contributed by atoms with Gasteiger partial charge >= 0.3 is 6.20 Å². The fourth-order valence-electron chi connectivity index (χ4n) is 1.24. The fraction of sp³-hybridized carbons (Fsp3) is 0.444. The van der Waals surface area contributed by atoms with Crippen molar-refractivity contribution in [2.45, 2.75) is 26.7 Å². The molecule has 0 aliphatic carbocycles. The molecular weight excluding hydrogens is 182 g/mol. The van der Waals surface area contributed by atoms with Crippen LogP contribution in [-0.4, -0.2) is 10.3 Å². The van der Waals surface area contributed by atoms with Gasteiger partial charge < -0.3 is 9.63 Å². The summed E-state index contributed by atoms with van der Waals surface area (Å²) in [4.78, 5) is 2.73. The molecule has 1 aromatic rings. The van der Waals surface area contributed by atoms with Crippen LogP contribution >= 0.6 is 0 Å². The van der Waals surface area contributed by atoms with Crippen LogP contribution in [0.25, 0.3) is 4.98 Å². The number of allylic oxidation sites excluding steroid dienone is 1. The van der Waals surface area contributed by atoms with Crippen LogP contribution in [0.15, 0.2) is 16.5 Å². The Hall–Kier alpha value is -1.83. The van der Waals surface area contributed by atoms with Gasteiger partial charge in [-0.2, -0.15) is 0 Å². The molecule has 1 heterocycles. The molecule has 0 atom stereocenters. The van der Waals surface area contributed by atoms with Crippen LogP contribution in [0, 0.1) is 19.2 Å². The molecule has 0 unspecified atom stereocenters. The number of aryl methyl sites for hydroxylation is 2. The quantitative estimate of drug-likeness (QED) is 0.592. The summed E-state index contributed by atoms with van der Waals surface area (Å²) in [6, 6.07) is 0. The molecule has 0 fully saturated rings. The fourth-order valence-corrected chi connectivity index (χ4v) is 1.24. The van der Waals surface area contributed by atoms with E-state index in [4.69, 9.17) is 9.92 Å². The molecule has 0 amide bonds. The monoisotopic (exact) mass is 194 g/mol. The molecule has 1 N–H and O–H groups in total. The zero-order chi connectivity index (χ0) is 10.6. The largest absolute Gasteiger partial charge is 0.505 e. The molecule has 0 aliphatic rings. The van der Waals surface area contributed by atoms with Crippen LogP contribution in [0.3, 0.4) is 0 Å². The van der Waals surface area contributed by atoms with E-state index in [9.17, 15) is 5.11 Å². The molecule has 5 heteroatoms. The van der Waals surface area contributed by atoms with Gasteiger partial charge in [0.25, 0.3) is 0 Å². The third kappa shape index (κ3) is 2.33. The van der Waals surface area contributed by atoms with E-state index >= 15 is 0 Å². The number of aliphatic hydroxyl groups is 1. The molecule has 1 aromatic heterocycles. The van der Waals surface area contributed by atoms with Gasteiger partial charge in [0, 0.05) is 12.0 Å². The average molecular weight is 194 g/mol. The molecule has 0 aliphatic heterocycles. The standard InChI is InChI=1S/C9H11N3O2/c1-6-9(7(2)14-12-6)4-3-8(13)5-11-10/h5H,3-4H2,1-2H3/p+1/b8-5-. The predicted octanol–water partition coefficient (Wildman–Crippen LogP) is 2.48. The summed E-state index contributed by atoms with van der Waals surface area (Å²) in [5, 5.41) is 21.1. The van der Waals surface area contributed by atoms with Crippen LogP contribution in [0.5, 0.6) is 0 Å². The first-order valence-corrected chi connectivity index (χ1v) is 4.29. The maximum absolute atomic E-state index is 9.19. The first kappa shape index (κ1) is 10.3. The van der Waals surface area contributed by atoms with E-state index < -0.39 is 0 Å². The third-order valence-corrected chi connectivity index (χ3v) is 2.02. The second-order valence-electron chi connectivity index (χ2n) is 3.04. The highest BCUT2D eigenvalue weighted by atomic mass is 16.5. The Morgan fingerprint density at radius 3 is 2.86 bits per heavy atom. The Labute approximate surface area is 81.7 Å². The zero-order valence-corrected chi connectivity index (χ0v) is 8.19. The van der Waals surface area contributed by atoms with Crippen molar-refractivity contribution >= 4 is 0 Å². The lowest BCUT2D eigenvalue weighted by Gasteiger charge is -1.96. The summed E-state index contributed by atoms with van der Waals surface area (Å²) in [6.07, 6.45) is 2.05. The topological polar surface area (TPSA) is 74.4 Å². The second-order valence-corrected chi connectivity index (χ2v) is 3.04. The summed E-state index contributed by atoms with van der Waals surface area (Å²) in [7, 11) is 0. The minimum Gasteiger partial charge on any atom is -0.505 e. The Morgan fingerprint density at radius 1 is 1.64 bits per heavy atom. The maximum Gasteiger partial charge on any atom is 0.387 e. The minimum absolute atomic E-state index is 0.0347. The molecule has 1 rings (SSSR count). The van der Waals surface area contributed by atoms with Crippen molar-refractivity contribution in [3.8, 4) is 0 Å². The van der Waals surface area contributed by atoms with Crippen molar-refractivity contribution in [2.75, 3.05) is 0 Å². The van der Waals surface area contributed by atoms with E-state index in [1.807, 2.05) is 13.8 Å². The maximum atomic E-state index is 9.19. The van der Waals surface area contributed by atoms with Gasteiger partial charge in [-0.15, -0.1) is 0 Å². The number of rotatable bonds is 3. The zero-order valence-electron chi connectivity index (χ0n) is 8.19. The summed E-state index contributed by atoms with van der Waals surface area (Å²) in [6.45, 7) is 3.68. The average Bonchev–Trinajstić information content (AvgIpc) is 2.44. The summed E-state index contributed by atoms with van der Waals surface area (Å²) in [5.74, 6) is 0.795. The molecule has 74 valence electrons. The van der Waals surface area contributed by atoms with E-state index in [1.54, 1.807) is 0 Å². The SMILES string of the molecule is Cc1noc(C)c1CC/C(O)=C/[N+]#N. The first-order chi connectivity index (χ1) is 6.65. The van der Waals surface area contributed by atoms with Gasteiger partial charge in [-0.05, 0) is 20.3 Å². The Morgan fingerprint density at radius 2 is 2.36 bits per heavy atom. The van der Waals surface area contributed by atoms with Crippen LogP contribution in [0.2, 0.25) is 0 Å². The molecular formula is C9H12N3O2+. The van der Waals surface area contributed by atoms with Crippen molar-refractivity contribution in [1.29, 1.82) is 5.39 Å². The summed E-state index contributed by atoms with van der Waals surface area (Å²) in [5.41, 5.74) is 1.82. The van der Waals surface area contributed by atoms with Gasteiger partial charge in [-0.25, -0.2) is 0 Å². The Kier molecular flexibility index (Phi) is 3.24. The number of hydrogen-bond donors (Lipinski definition) is 1. The molecule has 0 aromatic carbocycles. The Balaban J connectivity index is 2.63. The van der Waals surface area contributed by atoms with Gasteiger partial charge in [0.1, 0.15) is 5.76 Å². The third-order valence-electron chi connectivity index (χ3n) is 2.02. The molecule has 0 saturated carbocycles. The lowest BCUT2D eigenvalue weighted by Crippen LogP contribution is -1.91. The van der Waals surface area contributed by atoms with Gasteiger partial charge in [-0.1, -0.05) is 5.16 Å². The van der Waals surface area contributed by atoms with Crippen LogP contribution in [-0.2, 0) is 6.42 Å². The number of diazo groups is 1. The molecule has 0 spiro atoms. The second kappa shape index (κ2) is 4.42. The highest BCUT2D eigenvalue weighted by molar-refractivity contribution is 5.21. The van der Waals surface area contributed by atoms with Gasteiger partial charge in [0.15, 0.2) is 10.7 Å². The predicted molar refractivity (Wildman–Crippen MR) is 50.1 cm³/mol. The van der Waals surface area contributed by atoms with Crippen molar-refractivity contribution in [1.82, 2.24) is 5.16 Å². The number of aliphatic hydroxyl groups excluding tert-OH is 1. The van der Waals surface area contributed by atoms with E-state index in [-0.39, 0.29) is 5.76 Å². The lowest BCUT2D eigenvalue weighted by molar-refractivity contribution is 0.384. The van der Waals surface area contributed by atoms with Gasteiger partial charge in [0.2, 0.25) is 5.39 Å². The summed E-state index contributed by atoms with van der Waals surface area (Å²) >= 11 is 0. The van der Waals surface area contributed by atoms with E-state index in [0.717, 1.165) is 23.2 Å².